The predicted octanol–water partition coefficient (Wildman–Crippen LogP) is 6.23. The lowest BCUT2D eigenvalue weighted by Gasteiger charge is -2.32. The van der Waals surface area contributed by atoms with E-state index in [9.17, 15) is 14.0 Å². The van der Waals surface area contributed by atoms with Gasteiger partial charge in [-0.1, -0.05) is 61.2 Å². The molecule has 0 heterocycles. The number of carbonyl (C=O) groups is 2. The molecule has 33 heavy (non-hydrogen) atoms. The number of carbonyl (C=O) groups excluding carboxylic acids is 2. The van der Waals surface area contributed by atoms with E-state index in [0.29, 0.717) is 27.8 Å². The third kappa shape index (κ3) is 7.36. The second kappa shape index (κ2) is 12.6. The first-order chi connectivity index (χ1) is 15.9. The predicted molar refractivity (Wildman–Crippen MR) is 134 cm³/mol. The molecule has 1 unspecified atom stereocenters. The normalized spacial score (nSPS) is 14.8. The molecule has 1 fully saturated rings. The summed E-state index contributed by atoms with van der Waals surface area (Å²) in [5.41, 5.74) is 1.56. The van der Waals surface area contributed by atoms with Crippen molar-refractivity contribution < 1.29 is 14.0 Å². The van der Waals surface area contributed by atoms with Crippen LogP contribution in [-0.4, -0.2) is 34.6 Å². The number of nitrogens with zero attached hydrogens (tertiary/aromatic N) is 1. The Hall–Kier alpha value is -1.76. The molecule has 0 spiro atoms. The third-order valence-electron chi connectivity index (χ3n) is 5.89. The number of amides is 2. The molecule has 0 bridgehead atoms. The summed E-state index contributed by atoms with van der Waals surface area (Å²) < 4.78 is 13.1. The highest BCUT2D eigenvalue weighted by Crippen LogP contribution is 2.28. The molecule has 2 amide bonds. The van der Waals surface area contributed by atoms with Gasteiger partial charge < -0.3 is 10.2 Å². The van der Waals surface area contributed by atoms with E-state index in [2.05, 4.69) is 5.32 Å². The van der Waals surface area contributed by atoms with E-state index in [4.69, 9.17) is 23.2 Å². The smallest absolute Gasteiger partial charge is 0.243 e. The van der Waals surface area contributed by atoms with Crippen LogP contribution in [0.3, 0.4) is 0 Å². The van der Waals surface area contributed by atoms with Crippen LogP contribution in [0.1, 0.15) is 50.2 Å². The Balaban J connectivity index is 1.74. The topological polar surface area (TPSA) is 49.4 Å². The van der Waals surface area contributed by atoms with Gasteiger partial charge in [0.25, 0.3) is 0 Å². The highest BCUT2D eigenvalue weighted by atomic mass is 35.5. The minimum Gasteiger partial charge on any atom is -0.352 e. The third-order valence-corrected chi connectivity index (χ3v) is 7.58. The summed E-state index contributed by atoms with van der Waals surface area (Å²) >= 11 is 14.2. The van der Waals surface area contributed by atoms with Crippen LogP contribution in [0.15, 0.2) is 42.5 Å². The van der Waals surface area contributed by atoms with Gasteiger partial charge in [-0.25, -0.2) is 4.39 Å². The van der Waals surface area contributed by atoms with Crippen molar-refractivity contribution in [1.82, 2.24) is 10.2 Å². The summed E-state index contributed by atoms with van der Waals surface area (Å²) in [6.07, 6.45) is 4.65. The van der Waals surface area contributed by atoms with Crippen LogP contribution in [0.5, 0.6) is 0 Å². The second-order valence-electron chi connectivity index (χ2n) is 8.26. The van der Waals surface area contributed by atoms with Crippen molar-refractivity contribution in [2.75, 3.05) is 5.75 Å². The average molecular weight is 511 g/mol. The summed E-state index contributed by atoms with van der Waals surface area (Å²) in [7, 11) is 0. The summed E-state index contributed by atoms with van der Waals surface area (Å²) in [5, 5.41) is 4.05. The van der Waals surface area contributed by atoms with E-state index in [1.165, 1.54) is 23.9 Å². The molecule has 1 N–H and O–H groups in total. The molecule has 8 heteroatoms. The highest BCUT2D eigenvalue weighted by Gasteiger charge is 2.31. The summed E-state index contributed by atoms with van der Waals surface area (Å²) in [5.74, 6) is 0.169. The quantitative estimate of drug-likeness (QED) is 0.411. The molecule has 2 aromatic carbocycles. The van der Waals surface area contributed by atoms with Crippen molar-refractivity contribution in [3.8, 4) is 0 Å². The minimum absolute atomic E-state index is 0.135. The number of hydrogen-bond acceptors (Lipinski definition) is 3. The van der Waals surface area contributed by atoms with Gasteiger partial charge in [0, 0.05) is 33.9 Å². The number of halogens is 3. The minimum atomic E-state index is -0.614. The van der Waals surface area contributed by atoms with Crippen LogP contribution in [0.2, 0.25) is 10.0 Å². The lowest BCUT2D eigenvalue weighted by Crippen LogP contribution is -2.51. The van der Waals surface area contributed by atoms with Gasteiger partial charge in [0.05, 0.1) is 5.75 Å². The van der Waals surface area contributed by atoms with Gasteiger partial charge in [-0.05, 0) is 49.1 Å². The molecular weight excluding hydrogens is 482 g/mol. The Morgan fingerprint density at radius 3 is 2.36 bits per heavy atom. The number of nitrogens with one attached hydrogen (secondary N) is 1. The van der Waals surface area contributed by atoms with Gasteiger partial charge in [0.1, 0.15) is 11.9 Å². The molecule has 0 aliphatic heterocycles. The van der Waals surface area contributed by atoms with Crippen LogP contribution in [0.25, 0.3) is 0 Å². The Kier molecular flexibility index (Phi) is 9.90. The van der Waals surface area contributed by atoms with Crippen LogP contribution >= 0.6 is 35.0 Å². The lowest BCUT2D eigenvalue weighted by molar-refractivity contribution is -0.139. The first-order valence-corrected chi connectivity index (χ1v) is 13.1. The molecule has 0 saturated heterocycles. The molecule has 0 aromatic heterocycles. The molecule has 1 aliphatic rings. The Morgan fingerprint density at radius 1 is 1.12 bits per heavy atom. The van der Waals surface area contributed by atoms with Gasteiger partial charge in [-0.3, -0.25) is 9.59 Å². The van der Waals surface area contributed by atoms with Crippen molar-refractivity contribution in [2.24, 2.45) is 0 Å². The zero-order chi connectivity index (χ0) is 23.8. The van der Waals surface area contributed by atoms with Gasteiger partial charge in [-0.2, -0.15) is 0 Å². The summed E-state index contributed by atoms with van der Waals surface area (Å²) in [6, 6.07) is 11.0. The second-order valence-corrected chi connectivity index (χ2v) is 10.1. The molecule has 1 atom stereocenters. The first kappa shape index (κ1) is 25.9. The van der Waals surface area contributed by atoms with Gasteiger partial charge in [0.2, 0.25) is 11.8 Å². The number of rotatable bonds is 10. The summed E-state index contributed by atoms with van der Waals surface area (Å²) in [6.45, 7) is 2.06. The number of thioether (sulfide) groups is 1. The lowest BCUT2D eigenvalue weighted by atomic mass is 10.1. The highest BCUT2D eigenvalue weighted by molar-refractivity contribution is 7.99. The van der Waals surface area contributed by atoms with E-state index in [0.717, 1.165) is 31.2 Å². The van der Waals surface area contributed by atoms with E-state index in [1.54, 1.807) is 35.2 Å². The molecule has 1 saturated carbocycles. The van der Waals surface area contributed by atoms with Crippen LogP contribution in [0, 0.1) is 5.82 Å². The number of benzene rings is 2. The maximum absolute atomic E-state index is 13.3. The average Bonchev–Trinajstić information content (AvgIpc) is 3.30. The van der Waals surface area contributed by atoms with Crippen molar-refractivity contribution in [3.63, 3.8) is 0 Å². The SMILES string of the molecule is CCC(C(=O)NC1CCCC1)N(Cc1c(Cl)cccc1Cl)C(=O)CSCc1ccc(F)cc1. The van der Waals surface area contributed by atoms with Gasteiger partial charge in [-0.15, -0.1) is 11.8 Å². The van der Waals surface area contributed by atoms with Gasteiger partial charge >= 0.3 is 0 Å². The fraction of sp³-hybridized carbons (Fsp3) is 0.440. The maximum atomic E-state index is 13.3. The van der Waals surface area contributed by atoms with E-state index in [-0.39, 0.29) is 36.0 Å². The van der Waals surface area contributed by atoms with Crippen molar-refractivity contribution in [1.29, 1.82) is 0 Å². The molecule has 4 nitrogen and oxygen atoms in total. The van der Waals surface area contributed by atoms with Crippen molar-refractivity contribution >= 4 is 46.8 Å². The Bertz CT molecular complexity index is 932. The van der Waals surface area contributed by atoms with Crippen LogP contribution < -0.4 is 5.32 Å². The molecule has 1 aliphatic carbocycles. The zero-order valence-corrected chi connectivity index (χ0v) is 21.0. The van der Waals surface area contributed by atoms with Crippen LogP contribution in [0.4, 0.5) is 4.39 Å². The summed E-state index contributed by atoms with van der Waals surface area (Å²) in [4.78, 5) is 28.1. The molecule has 2 aromatic rings. The Morgan fingerprint density at radius 2 is 1.76 bits per heavy atom. The monoisotopic (exact) mass is 510 g/mol. The van der Waals surface area contributed by atoms with E-state index >= 15 is 0 Å². The molecule has 0 radical (unpaired) electrons. The fourth-order valence-corrected chi connectivity index (χ4v) is 5.45. The van der Waals surface area contributed by atoms with E-state index < -0.39 is 6.04 Å². The largest absolute Gasteiger partial charge is 0.352 e. The first-order valence-electron chi connectivity index (χ1n) is 11.2. The molecule has 3 rings (SSSR count). The van der Waals surface area contributed by atoms with E-state index in [1.807, 2.05) is 6.92 Å². The maximum Gasteiger partial charge on any atom is 0.243 e. The molecular formula is C25H29Cl2FN2O2S. The molecule has 178 valence electrons. The Labute approximate surface area is 209 Å². The standard InChI is InChI=1S/C25H29Cl2FN2O2S/c1-2-23(25(32)29-19-6-3-4-7-19)30(14-20-21(26)8-5-9-22(20)27)24(31)16-33-15-17-10-12-18(28)13-11-17/h5,8-13,19,23H,2-4,6-7,14-16H2,1H3,(H,29,32). The van der Waals surface area contributed by atoms with Crippen molar-refractivity contribution in [3.05, 3.63) is 69.5 Å². The van der Waals surface area contributed by atoms with Crippen LogP contribution in [-0.2, 0) is 21.9 Å². The number of hydrogen-bond donors (Lipinski definition) is 1. The zero-order valence-electron chi connectivity index (χ0n) is 18.7. The van der Waals surface area contributed by atoms with Crippen molar-refractivity contribution in [2.45, 2.75) is 63.4 Å². The fourth-order valence-electron chi connectivity index (χ4n) is 4.06. The van der Waals surface area contributed by atoms with Gasteiger partial charge in [0.15, 0.2) is 0 Å².